The Balaban J connectivity index is 5.21. The van der Waals surface area contributed by atoms with Gasteiger partial charge in [-0.1, -0.05) is 279 Å². The van der Waals surface area contributed by atoms with Crippen molar-refractivity contribution in [2.24, 2.45) is 5.92 Å². The number of unbranched alkanes of at least 4 members (excludes halogenated alkanes) is 37. The fourth-order valence-corrected chi connectivity index (χ4v) is 11.3. The third-order valence-electron chi connectivity index (χ3n) is 15.0. The van der Waals surface area contributed by atoms with E-state index in [1.54, 1.807) is 0 Å². The van der Waals surface area contributed by atoms with E-state index in [4.69, 9.17) is 37.0 Å². The number of aliphatic hydroxyl groups is 1. The number of hydrogen-bond donors (Lipinski definition) is 3. The fraction of sp³-hybridized carbons (Fsp3) is 0.938. The highest BCUT2D eigenvalue weighted by molar-refractivity contribution is 7.47. The van der Waals surface area contributed by atoms with Gasteiger partial charge in [0.2, 0.25) is 0 Å². The summed E-state index contributed by atoms with van der Waals surface area (Å²) in [6, 6.07) is 0. The van der Waals surface area contributed by atoms with Crippen molar-refractivity contribution in [3.63, 3.8) is 0 Å². The van der Waals surface area contributed by atoms with Crippen molar-refractivity contribution >= 4 is 39.5 Å². The van der Waals surface area contributed by atoms with Crippen LogP contribution < -0.4 is 0 Å². The van der Waals surface area contributed by atoms with Crippen LogP contribution in [-0.4, -0.2) is 96.7 Å². The number of esters is 4. The van der Waals surface area contributed by atoms with Crippen molar-refractivity contribution in [2.75, 3.05) is 39.6 Å². The Morgan fingerprint density at radius 2 is 0.548 bits per heavy atom. The molecule has 84 heavy (non-hydrogen) atoms. The normalized spacial score (nSPS) is 14.2. The zero-order chi connectivity index (χ0) is 62.0. The van der Waals surface area contributed by atoms with Crippen molar-refractivity contribution in [1.29, 1.82) is 0 Å². The standard InChI is InChI=1S/C65H126O17P2/c1-6-9-12-15-18-20-22-26-29-34-39-44-49-63(68)76-55-61(82-65(70)51-46-41-36-31-27-23-25-28-33-37-42-47-58(4)5)57-80-84(73,74)78-53-59(66)52-77-83(71,72)79-56-60(54-75-62(67)48-43-38-32-17-14-11-8-3)81-64(69)50-45-40-35-30-24-21-19-16-13-10-7-2/h58-61,66H,6-57H2,1-5H3,(H,71,72)(H,73,74)/t59-,60+,61+/m0/s1. The molecule has 0 aromatic heterocycles. The average Bonchev–Trinajstić information content (AvgIpc) is 3.60. The highest BCUT2D eigenvalue weighted by Crippen LogP contribution is 2.45. The molecule has 0 amide bonds. The molecule has 0 aromatic rings. The molecule has 0 radical (unpaired) electrons. The maximum Gasteiger partial charge on any atom is 0.472 e. The van der Waals surface area contributed by atoms with Gasteiger partial charge in [-0.05, 0) is 31.6 Å². The molecule has 19 heteroatoms. The second-order valence-electron chi connectivity index (χ2n) is 24.0. The number of carbonyl (C=O) groups is 4. The smallest absolute Gasteiger partial charge is 0.462 e. The van der Waals surface area contributed by atoms with E-state index in [1.165, 1.54) is 141 Å². The lowest BCUT2D eigenvalue weighted by molar-refractivity contribution is -0.161. The van der Waals surface area contributed by atoms with Gasteiger partial charge in [-0.25, -0.2) is 9.13 Å². The minimum absolute atomic E-state index is 0.107. The van der Waals surface area contributed by atoms with E-state index in [0.717, 1.165) is 109 Å². The number of phosphoric acid groups is 2. The maximum atomic E-state index is 13.0. The number of hydrogen-bond acceptors (Lipinski definition) is 15. The summed E-state index contributed by atoms with van der Waals surface area (Å²) in [5, 5.41) is 10.5. The molecule has 0 saturated heterocycles. The van der Waals surface area contributed by atoms with Crippen LogP contribution in [0, 0.1) is 5.92 Å². The van der Waals surface area contributed by atoms with Gasteiger partial charge in [0.05, 0.1) is 26.4 Å². The quantitative estimate of drug-likeness (QED) is 0.0222. The zero-order valence-electron chi connectivity index (χ0n) is 54.0. The molecule has 0 fully saturated rings. The van der Waals surface area contributed by atoms with E-state index < -0.39 is 97.5 Å². The Kier molecular flexibility index (Phi) is 57.4. The van der Waals surface area contributed by atoms with Gasteiger partial charge in [0.25, 0.3) is 0 Å². The van der Waals surface area contributed by atoms with Crippen molar-refractivity contribution in [3.8, 4) is 0 Å². The topological polar surface area (TPSA) is 237 Å². The van der Waals surface area contributed by atoms with Gasteiger partial charge >= 0.3 is 39.5 Å². The summed E-state index contributed by atoms with van der Waals surface area (Å²) in [5.41, 5.74) is 0. The third-order valence-corrected chi connectivity index (χ3v) is 16.9. The first kappa shape index (κ1) is 82.1. The molecule has 498 valence electrons. The maximum absolute atomic E-state index is 13.0. The molecule has 0 aliphatic rings. The highest BCUT2D eigenvalue weighted by Gasteiger charge is 2.30. The van der Waals surface area contributed by atoms with Crippen LogP contribution >= 0.6 is 15.6 Å². The minimum Gasteiger partial charge on any atom is -0.462 e. The summed E-state index contributed by atoms with van der Waals surface area (Å²) < 4.78 is 68.0. The summed E-state index contributed by atoms with van der Waals surface area (Å²) in [6.07, 6.45) is 43.0. The Bertz CT molecular complexity index is 1640. The molecule has 0 aliphatic carbocycles. The number of aliphatic hydroxyl groups excluding tert-OH is 1. The molecule has 17 nitrogen and oxygen atoms in total. The molecule has 0 aromatic carbocycles. The van der Waals surface area contributed by atoms with E-state index in [2.05, 4.69) is 34.6 Å². The second-order valence-corrected chi connectivity index (χ2v) is 26.9. The molecule has 0 saturated carbocycles. The minimum atomic E-state index is -4.94. The van der Waals surface area contributed by atoms with E-state index in [0.29, 0.717) is 25.7 Å². The van der Waals surface area contributed by atoms with Crippen LogP contribution in [-0.2, 0) is 65.4 Å². The fourth-order valence-electron chi connectivity index (χ4n) is 9.76. The Morgan fingerprint density at radius 1 is 0.321 bits per heavy atom. The average molecular weight is 1240 g/mol. The van der Waals surface area contributed by atoms with Gasteiger partial charge in [0.15, 0.2) is 12.2 Å². The zero-order valence-corrected chi connectivity index (χ0v) is 55.8. The Morgan fingerprint density at radius 3 is 0.810 bits per heavy atom. The summed E-state index contributed by atoms with van der Waals surface area (Å²) in [4.78, 5) is 72.2. The number of phosphoric ester groups is 2. The largest absolute Gasteiger partial charge is 0.472 e. The molecule has 0 spiro atoms. The monoisotopic (exact) mass is 1240 g/mol. The summed E-state index contributed by atoms with van der Waals surface area (Å²) in [5.74, 6) is -1.37. The molecule has 0 aliphatic heterocycles. The van der Waals surface area contributed by atoms with Crippen LogP contribution in [0.2, 0.25) is 0 Å². The van der Waals surface area contributed by atoms with Crippen molar-refractivity contribution in [3.05, 3.63) is 0 Å². The van der Waals surface area contributed by atoms with Gasteiger partial charge in [-0.2, -0.15) is 0 Å². The first-order valence-electron chi connectivity index (χ1n) is 34.1. The first-order valence-corrected chi connectivity index (χ1v) is 37.1. The van der Waals surface area contributed by atoms with Crippen LogP contribution in [0.4, 0.5) is 0 Å². The predicted molar refractivity (Wildman–Crippen MR) is 335 cm³/mol. The summed E-state index contributed by atoms with van der Waals surface area (Å²) >= 11 is 0. The van der Waals surface area contributed by atoms with Crippen LogP contribution in [0.3, 0.4) is 0 Å². The van der Waals surface area contributed by atoms with Crippen LogP contribution in [0.25, 0.3) is 0 Å². The van der Waals surface area contributed by atoms with Gasteiger partial charge in [0.1, 0.15) is 19.3 Å². The lowest BCUT2D eigenvalue weighted by Crippen LogP contribution is -2.30. The van der Waals surface area contributed by atoms with Crippen LogP contribution in [0.15, 0.2) is 0 Å². The van der Waals surface area contributed by atoms with Crippen LogP contribution in [0.1, 0.15) is 330 Å². The Hall–Kier alpha value is -1.94. The van der Waals surface area contributed by atoms with E-state index in [9.17, 15) is 43.2 Å². The van der Waals surface area contributed by atoms with Gasteiger partial charge < -0.3 is 33.8 Å². The van der Waals surface area contributed by atoms with Crippen molar-refractivity contribution in [2.45, 2.75) is 348 Å². The molecule has 0 bridgehead atoms. The molecular weight excluding hydrogens is 1110 g/mol. The van der Waals surface area contributed by atoms with Crippen LogP contribution in [0.5, 0.6) is 0 Å². The molecule has 5 atom stereocenters. The number of carbonyl (C=O) groups excluding carboxylic acids is 4. The molecular formula is C65H126O17P2. The van der Waals surface area contributed by atoms with Gasteiger partial charge in [0, 0.05) is 25.7 Å². The van der Waals surface area contributed by atoms with E-state index >= 15 is 0 Å². The van der Waals surface area contributed by atoms with E-state index in [-0.39, 0.29) is 25.7 Å². The lowest BCUT2D eigenvalue weighted by atomic mass is 10.0. The predicted octanol–water partition coefficient (Wildman–Crippen LogP) is 18.2. The van der Waals surface area contributed by atoms with E-state index in [1.807, 2.05) is 0 Å². The number of ether oxygens (including phenoxy) is 4. The Labute approximate surface area is 511 Å². The van der Waals surface area contributed by atoms with Crippen molar-refractivity contribution < 1.29 is 80.2 Å². The summed E-state index contributed by atoms with van der Waals surface area (Å²) in [6.45, 7) is 7.17. The molecule has 0 heterocycles. The summed E-state index contributed by atoms with van der Waals surface area (Å²) in [7, 11) is -9.88. The first-order chi connectivity index (χ1) is 40.5. The molecule has 3 N–H and O–H groups in total. The van der Waals surface area contributed by atoms with Crippen molar-refractivity contribution in [1.82, 2.24) is 0 Å². The number of rotatable bonds is 65. The van der Waals surface area contributed by atoms with Gasteiger partial charge in [-0.15, -0.1) is 0 Å². The third kappa shape index (κ3) is 59.0. The second kappa shape index (κ2) is 58.7. The molecule has 2 unspecified atom stereocenters. The molecule has 0 rings (SSSR count). The highest BCUT2D eigenvalue weighted by atomic mass is 31.2. The SMILES string of the molecule is CCCCCCCCCCCCCCC(=O)OC[C@H](COP(=O)(O)OC[C@@H](O)COP(=O)(O)OC[C@@H](COC(=O)CCCCCCCCC)OC(=O)CCCCCCCCCCCCC)OC(=O)CCCCCCCCCCCCCC(C)C. The van der Waals surface area contributed by atoms with Gasteiger partial charge in [-0.3, -0.25) is 37.3 Å². The lowest BCUT2D eigenvalue weighted by Gasteiger charge is -2.21.